The first-order chi connectivity index (χ1) is 12.7. The van der Waals surface area contributed by atoms with Crippen molar-refractivity contribution in [2.75, 3.05) is 6.54 Å². The third-order valence-electron chi connectivity index (χ3n) is 6.15. The highest BCUT2D eigenvalue weighted by Crippen LogP contribution is 2.42. The van der Waals surface area contributed by atoms with E-state index in [4.69, 9.17) is 0 Å². The van der Waals surface area contributed by atoms with Crippen molar-refractivity contribution in [3.63, 3.8) is 0 Å². The Morgan fingerprint density at radius 2 is 1.88 bits per heavy atom. The minimum Gasteiger partial charge on any atom is -0.343 e. The fraction of sp³-hybridized carbons (Fsp3) is 0.391. The summed E-state index contributed by atoms with van der Waals surface area (Å²) in [7, 11) is 0. The Labute approximate surface area is 163 Å². The van der Waals surface area contributed by atoms with Crippen LogP contribution in [0.5, 0.6) is 0 Å². The molecule has 1 atom stereocenters. The van der Waals surface area contributed by atoms with Gasteiger partial charge in [-0.25, -0.2) is 0 Å². The van der Waals surface area contributed by atoms with Crippen LogP contribution in [0.25, 0.3) is 10.9 Å². The van der Waals surface area contributed by atoms with E-state index >= 15 is 0 Å². The predicted octanol–water partition coefficient (Wildman–Crippen LogP) is 6.00. The van der Waals surface area contributed by atoms with Gasteiger partial charge in [0.15, 0.2) is 0 Å². The molecule has 0 unspecified atom stereocenters. The first-order valence-corrected chi connectivity index (χ1v) is 10.6. The van der Waals surface area contributed by atoms with Gasteiger partial charge in [-0.15, -0.1) is 0 Å². The highest BCUT2D eigenvalue weighted by atomic mass is 79.9. The van der Waals surface area contributed by atoms with Gasteiger partial charge in [0.25, 0.3) is 0 Å². The number of rotatable bonds is 2. The Kier molecular flexibility index (Phi) is 4.17. The Balaban J connectivity index is 1.58. The second kappa shape index (κ2) is 6.54. The van der Waals surface area contributed by atoms with Crippen LogP contribution in [0.3, 0.4) is 0 Å². The van der Waals surface area contributed by atoms with Gasteiger partial charge in [0.1, 0.15) is 0 Å². The molecule has 5 rings (SSSR count). The minimum atomic E-state index is 0.567. The quantitative estimate of drug-likeness (QED) is 0.504. The molecule has 0 radical (unpaired) electrons. The van der Waals surface area contributed by atoms with Gasteiger partial charge in [-0.05, 0) is 68.0 Å². The molecule has 0 saturated heterocycles. The molecule has 1 aliphatic carbocycles. The van der Waals surface area contributed by atoms with Crippen molar-refractivity contribution in [1.82, 2.24) is 9.47 Å². The van der Waals surface area contributed by atoms with Crippen LogP contribution in [0.15, 0.2) is 46.9 Å². The number of aromatic nitrogens is 1. The number of nitrogens with zero attached hydrogens (tertiary/aromatic N) is 2. The monoisotopic (exact) mass is 408 g/mol. The second-order valence-electron chi connectivity index (χ2n) is 7.89. The lowest BCUT2D eigenvalue weighted by Crippen LogP contribution is -2.30. The number of hydrogen-bond donors (Lipinski definition) is 0. The number of fused-ring (bicyclic) bond motifs is 3. The van der Waals surface area contributed by atoms with E-state index in [1.165, 1.54) is 54.3 Å². The maximum absolute atomic E-state index is 3.56. The number of benzene rings is 2. The smallest absolute Gasteiger partial charge is 0.0507 e. The van der Waals surface area contributed by atoms with E-state index in [0.29, 0.717) is 6.04 Å². The van der Waals surface area contributed by atoms with Gasteiger partial charge in [-0.1, -0.05) is 39.7 Å². The van der Waals surface area contributed by atoms with Gasteiger partial charge in [0.2, 0.25) is 0 Å². The van der Waals surface area contributed by atoms with Crippen molar-refractivity contribution in [3.8, 4) is 0 Å². The predicted molar refractivity (Wildman–Crippen MR) is 112 cm³/mol. The van der Waals surface area contributed by atoms with Crippen molar-refractivity contribution >= 4 is 26.8 Å². The summed E-state index contributed by atoms with van der Waals surface area (Å²) in [4.78, 5) is 2.73. The van der Waals surface area contributed by atoms with Crippen LogP contribution >= 0.6 is 15.9 Å². The van der Waals surface area contributed by atoms with Gasteiger partial charge in [-0.3, -0.25) is 4.90 Å². The molecule has 0 N–H and O–H groups in total. The lowest BCUT2D eigenvalue weighted by molar-refractivity contribution is 0.173. The van der Waals surface area contributed by atoms with E-state index in [2.05, 4.69) is 74.8 Å². The normalized spacial score (nSPS) is 20.2. The molecule has 2 aromatic carbocycles. The van der Waals surface area contributed by atoms with Gasteiger partial charge in [0.05, 0.1) is 6.04 Å². The van der Waals surface area contributed by atoms with E-state index in [-0.39, 0.29) is 0 Å². The van der Waals surface area contributed by atoms with Gasteiger partial charge >= 0.3 is 0 Å². The molecule has 3 heteroatoms. The van der Waals surface area contributed by atoms with Crippen LogP contribution in [0.1, 0.15) is 47.7 Å². The Hall–Kier alpha value is -1.58. The lowest BCUT2D eigenvalue weighted by Gasteiger charge is -2.33. The van der Waals surface area contributed by atoms with Crippen molar-refractivity contribution in [1.29, 1.82) is 0 Å². The van der Waals surface area contributed by atoms with E-state index in [0.717, 1.165) is 17.6 Å². The maximum Gasteiger partial charge on any atom is 0.0507 e. The zero-order chi connectivity index (χ0) is 17.7. The minimum absolute atomic E-state index is 0.567. The second-order valence-corrected chi connectivity index (χ2v) is 8.81. The largest absolute Gasteiger partial charge is 0.343 e. The number of halogens is 1. The molecular weight excluding hydrogens is 384 g/mol. The lowest BCUT2D eigenvalue weighted by atomic mass is 9.90. The first kappa shape index (κ1) is 16.6. The van der Waals surface area contributed by atoms with Gasteiger partial charge in [-0.2, -0.15) is 0 Å². The molecule has 0 spiro atoms. The summed E-state index contributed by atoms with van der Waals surface area (Å²) >= 11 is 3.56. The fourth-order valence-electron chi connectivity index (χ4n) is 5.01. The Morgan fingerprint density at radius 1 is 1.04 bits per heavy atom. The molecule has 1 aromatic heterocycles. The highest BCUT2D eigenvalue weighted by molar-refractivity contribution is 9.10. The first-order valence-electron chi connectivity index (χ1n) is 9.81. The molecule has 0 amide bonds. The topological polar surface area (TPSA) is 8.17 Å². The standard InChI is InChI=1S/C23H25BrN2/c1-16-6-11-21-20(14-16)19-4-2-5-22-23(19)26(21)13-3-12-25(22)15-17-7-9-18(24)10-8-17/h6-11,14,22H,2-5,12-13,15H2,1H3/t22-/m1/s1. The molecule has 2 aliphatic rings. The molecule has 1 aliphatic heterocycles. The summed E-state index contributed by atoms with van der Waals surface area (Å²) in [6, 6.07) is 16.5. The number of aryl methyl sites for hydroxylation is 3. The van der Waals surface area contributed by atoms with E-state index in [9.17, 15) is 0 Å². The molecule has 2 nitrogen and oxygen atoms in total. The summed E-state index contributed by atoms with van der Waals surface area (Å²) in [5, 5.41) is 1.51. The zero-order valence-electron chi connectivity index (χ0n) is 15.3. The third-order valence-corrected chi connectivity index (χ3v) is 6.68. The van der Waals surface area contributed by atoms with Crippen LogP contribution in [0.2, 0.25) is 0 Å². The molecule has 0 saturated carbocycles. The van der Waals surface area contributed by atoms with E-state index < -0.39 is 0 Å². The van der Waals surface area contributed by atoms with Crippen LogP contribution in [-0.2, 0) is 19.5 Å². The summed E-state index contributed by atoms with van der Waals surface area (Å²) < 4.78 is 3.81. The fourth-order valence-corrected chi connectivity index (χ4v) is 5.27. The van der Waals surface area contributed by atoms with Crippen LogP contribution < -0.4 is 0 Å². The van der Waals surface area contributed by atoms with Crippen molar-refractivity contribution in [2.45, 2.75) is 51.7 Å². The average Bonchev–Trinajstić information content (AvgIpc) is 2.83. The van der Waals surface area contributed by atoms with Crippen molar-refractivity contribution in [3.05, 3.63) is 69.3 Å². The third kappa shape index (κ3) is 2.73. The Bertz CT molecular complexity index is 951. The van der Waals surface area contributed by atoms with Crippen LogP contribution in [-0.4, -0.2) is 16.0 Å². The van der Waals surface area contributed by atoms with Crippen molar-refractivity contribution in [2.24, 2.45) is 0 Å². The molecule has 26 heavy (non-hydrogen) atoms. The molecular formula is C23H25BrN2. The van der Waals surface area contributed by atoms with Crippen molar-refractivity contribution < 1.29 is 0 Å². The maximum atomic E-state index is 3.56. The van der Waals surface area contributed by atoms with E-state index in [1.807, 2.05) is 0 Å². The SMILES string of the molecule is Cc1ccc2c(c1)c1c3n2CCCN(Cc2ccc(Br)cc2)[C@@H]3CCC1. The van der Waals surface area contributed by atoms with Crippen LogP contribution in [0.4, 0.5) is 0 Å². The van der Waals surface area contributed by atoms with Crippen LogP contribution in [0, 0.1) is 6.92 Å². The average molecular weight is 409 g/mol. The summed E-state index contributed by atoms with van der Waals surface area (Å²) in [6.07, 6.45) is 5.07. The molecule has 3 aromatic rings. The molecule has 134 valence electrons. The molecule has 2 heterocycles. The highest BCUT2D eigenvalue weighted by Gasteiger charge is 2.33. The summed E-state index contributed by atoms with van der Waals surface area (Å²) in [6.45, 7) is 5.62. The summed E-state index contributed by atoms with van der Waals surface area (Å²) in [5.74, 6) is 0. The number of hydrogen-bond acceptors (Lipinski definition) is 1. The molecule has 0 fully saturated rings. The zero-order valence-corrected chi connectivity index (χ0v) is 16.9. The molecule has 0 bridgehead atoms. The van der Waals surface area contributed by atoms with E-state index in [1.54, 1.807) is 11.3 Å². The van der Waals surface area contributed by atoms with Gasteiger partial charge in [0, 0.05) is 40.7 Å². The Morgan fingerprint density at radius 3 is 2.73 bits per heavy atom. The van der Waals surface area contributed by atoms with Gasteiger partial charge < -0.3 is 4.57 Å². The summed E-state index contributed by atoms with van der Waals surface area (Å²) in [5.41, 5.74) is 7.50.